The van der Waals surface area contributed by atoms with E-state index >= 15 is 0 Å². The number of thiazole rings is 1. The van der Waals surface area contributed by atoms with Crippen LogP contribution in [-0.2, 0) is 11.2 Å². The van der Waals surface area contributed by atoms with Gasteiger partial charge in [0, 0.05) is 37.3 Å². The Morgan fingerprint density at radius 2 is 2.25 bits per heavy atom. The number of amides is 1. The van der Waals surface area contributed by atoms with Crippen LogP contribution in [0.5, 0.6) is 0 Å². The van der Waals surface area contributed by atoms with Gasteiger partial charge in [0.15, 0.2) is 0 Å². The van der Waals surface area contributed by atoms with Crippen molar-refractivity contribution in [2.24, 2.45) is 0 Å². The second-order valence-corrected chi connectivity index (χ2v) is 7.64. The van der Waals surface area contributed by atoms with E-state index in [1.54, 1.807) is 11.3 Å². The molecule has 3 rings (SSSR count). The van der Waals surface area contributed by atoms with Crippen molar-refractivity contribution >= 4 is 23.1 Å². The van der Waals surface area contributed by atoms with E-state index in [4.69, 9.17) is 0 Å². The fourth-order valence-corrected chi connectivity index (χ4v) is 4.15. The third kappa shape index (κ3) is 3.75. The summed E-state index contributed by atoms with van der Waals surface area (Å²) in [6.45, 7) is 5.82. The molecule has 0 radical (unpaired) electrons. The first-order valence-electron chi connectivity index (χ1n) is 8.39. The van der Waals surface area contributed by atoms with E-state index in [1.165, 1.54) is 0 Å². The summed E-state index contributed by atoms with van der Waals surface area (Å²) in [7, 11) is 1.93. The Bertz CT molecular complexity index is 700. The number of piperidine rings is 1. The highest BCUT2D eigenvalue weighted by atomic mass is 32.1. The van der Waals surface area contributed by atoms with Gasteiger partial charge in [-0.2, -0.15) is 0 Å². The maximum atomic E-state index is 12.7. The van der Waals surface area contributed by atoms with Crippen LogP contribution < -0.4 is 4.90 Å². The Morgan fingerprint density at radius 1 is 1.42 bits per heavy atom. The van der Waals surface area contributed by atoms with Gasteiger partial charge in [0.2, 0.25) is 5.91 Å². The van der Waals surface area contributed by atoms with Crippen LogP contribution in [0, 0.1) is 13.8 Å². The summed E-state index contributed by atoms with van der Waals surface area (Å²) in [5.74, 6) is 1.17. The van der Waals surface area contributed by atoms with Gasteiger partial charge in [-0.1, -0.05) is 6.07 Å². The summed E-state index contributed by atoms with van der Waals surface area (Å²) in [6.07, 6.45) is 4.40. The van der Waals surface area contributed by atoms with Crippen LogP contribution in [0.3, 0.4) is 0 Å². The third-order valence-corrected chi connectivity index (χ3v) is 5.70. The third-order valence-electron chi connectivity index (χ3n) is 4.62. The lowest BCUT2D eigenvalue weighted by Gasteiger charge is -2.38. The molecule has 24 heavy (non-hydrogen) atoms. The van der Waals surface area contributed by atoms with Crippen LogP contribution in [0.25, 0.3) is 0 Å². The fraction of sp³-hybridized carbons (Fsp3) is 0.500. The van der Waals surface area contributed by atoms with Crippen LogP contribution in [0.1, 0.15) is 28.4 Å². The van der Waals surface area contributed by atoms with Crippen molar-refractivity contribution in [2.75, 3.05) is 25.0 Å². The standard InChI is InChI=1S/C18H24N4OS/c1-13-16(24-14(2)20-13)11-18(23)21(3)15-7-6-10-22(12-15)17-8-4-5-9-19-17/h4-5,8-9,15H,6-7,10-12H2,1-3H3/t15-/m0/s1. The molecule has 1 atom stereocenters. The van der Waals surface area contributed by atoms with E-state index in [2.05, 4.69) is 14.9 Å². The highest BCUT2D eigenvalue weighted by molar-refractivity contribution is 7.11. The minimum absolute atomic E-state index is 0.176. The zero-order chi connectivity index (χ0) is 17.1. The molecule has 1 amide bonds. The number of carbonyl (C=O) groups is 1. The summed E-state index contributed by atoms with van der Waals surface area (Å²) in [6, 6.07) is 6.21. The molecule has 0 unspecified atom stereocenters. The van der Waals surface area contributed by atoms with Gasteiger partial charge in [-0.15, -0.1) is 11.3 Å². The van der Waals surface area contributed by atoms with Gasteiger partial charge in [-0.3, -0.25) is 4.79 Å². The number of nitrogens with zero attached hydrogens (tertiary/aromatic N) is 4. The summed E-state index contributed by atoms with van der Waals surface area (Å²) in [4.78, 5) is 26.8. The molecule has 0 aromatic carbocycles. The molecule has 1 fully saturated rings. The van der Waals surface area contributed by atoms with Gasteiger partial charge in [-0.25, -0.2) is 9.97 Å². The molecule has 0 saturated carbocycles. The van der Waals surface area contributed by atoms with Crippen LogP contribution in [-0.4, -0.2) is 47.0 Å². The maximum absolute atomic E-state index is 12.7. The molecule has 5 nitrogen and oxygen atoms in total. The molecule has 1 saturated heterocycles. The molecule has 128 valence electrons. The van der Waals surface area contributed by atoms with Crippen molar-refractivity contribution in [3.63, 3.8) is 0 Å². The van der Waals surface area contributed by atoms with Crippen molar-refractivity contribution in [1.29, 1.82) is 0 Å². The van der Waals surface area contributed by atoms with Crippen molar-refractivity contribution in [1.82, 2.24) is 14.9 Å². The molecule has 1 aliphatic rings. The Balaban J connectivity index is 1.64. The van der Waals surface area contributed by atoms with E-state index in [1.807, 2.05) is 50.2 Å². The van der Waals surface area contributed by atoms with Crippen LogP contribution in [0.2, 0.25) is 0 Å². The lowest BCUT2D eigenvalue weighted by Crippen LogP contribution is -2.49. The average Bonchev–Trinajstić information content (AvgIpc) is 2.92. The SMILES string of the molecule is Cc1nc(C)c(CC(=O)N(C)[C@H]2CCCN(c3ccccn3)C2)s1. The van der Waals surface area contributed by atoms with Crippen molar-refractivity contribution < 1.29 is 4.79 Å². The Hall–Kier alpha value is -1.95. The largest absolute Gasteiger partial charge is 0.355 e. The monoisotopic (exact) mass is 344 g/mol. The number of aromatic nitrogens is 2. The number of hydrogen-bond donors (Lipinski definition) is 0. The van der Waals surface area contributed by atoms with E-state index in [-0.39, 0.29) is 11.9 Å². The number of aryl methyl sites for hydroxylation is 2. The average molecular weight is 344 g/mol. The normalized spacial score (nSPS) is 17.8. The van der Waals surface area contributed by atoms with E-state index in [0.717, 1.165) is 47.3 Å². The van der Waals surface area contributed by atoms with Gasteiger partial charge in [0.1, 0.15) is 5.82 Å². The second-order valence-electron chi connectivity index (χ2n) is 6.35. The lowest BCUT2D eigenvalue weighted by molar-refractivity contribution is -0.131. The minimum atomic E-state index is 0.176. The molecular formula is C18H24N4OS. The number of pyridine rings is 1. The van der Waals surface area contributed by atoms with Gasteiger partial charge < -0.3 is 9.80 Å². The Kier molecular flexibility index (Phi) is 5.14. The Morgan fingerprint density at radius 3 is 2.92 bits per heavy atom. The number of carbonyl (C=O) groups excluding carboxylic acids is 1. The molecule has 0 bridgehead atoms. The first-order chi connectivity index (χ1) is 11.5. The second kappa shape index (κ2) is 7.30. The van der Waals surface area contributed by atoms with E-state index in [9.17, 15) is 4.79 Å². The molecule has 0 N–H and O–H groups in total. The molecule has 2 aromatic rings. The maximum Gasteiger partial charge on any atom is 0.227 e. The first-order valence-corrected chi connectivity index (χ1v) is 9.21. The number of hydrogen-bond acceptors (Lipinski definition) is 5. The fourth-order valence-electron chi connectivity index (χ4n) is 3.22. The van der Waals surface area contributed by atoms with Crippen LogP contribution in [0.15, 0.2) is 24.4 Å². The van der Waals surface area contributed by atoms with Gasteiger partial charge in [0.25, 0.3) is 0 Å². The van der Waals surface area contributed by atoms with Crippen molar-refractivity contribution in [3.05, 3.63) is 40.0 Å². The topological polar surface area (TPSA) is 49.3 Å². The zero-order valence-electron chi connectivity index (χ0n) is 14.5. The van der Waals surface area contributed by atoms with Gasteiger partial charge in [0.05, 0.1) is 17.1 Å². The predicted molar refractivity (Wildman–Crippen MR) is 97.5 cm³/mol. The quantitative estimate of drug-likeness (QED) is 0.856. The predicted octanol–water partition coefficient (Wildman–Crippen LogP) is 2.82. The van der Waals surface area contributed by atoms with E-state index < -0.39 is 0 Å². The number of anilines is 1. The van der Waals surface area contributed by atoms with Gasteiger partial charge >= 0.3 is 0 Å². The first kappa shape index (κ1) is 16.9. The Labute approximate surface area is 147 Å². The molecule has 2 aromatic heterocycles. The summed E-state index contributed by atoms with van der Waals surface area (Å²) < 4.78 is 0. The van der Waals surface area contributed by atoms with Crippen LogP contribution >= 0.6 is 11.3 Å². The van der Waals surface area contributed by atoms with Crippen molar-refractivity contribution in [3.8, 4) is 0 Å². The molecular weight excluding hydrogens is 320 g/mol. The number of likely N-dealkylation sites (N-methyl/N-ethyl adjacent to an activating group) is 1. The molecule has 0 aliphatic carbocycles. The lowest BCUT2D eigenvalue weighted by atomic mass is 10.0. The van der Waals surface area contributed by atoms with Crippen molar-refractivity contribution in [2.45, 2.75) is 39.2 Å². The molecule has 3 heterocycles. The summed E-state index contributed by atoms with van der Waals surface area (Å²) in [5.41, 5.74) is 0.984. The molecule has 0 spiro atoms. The molecule has 1 aliphatic heterocycles. The summed E-state index contributed by atoms with van der Waals surface area (Å²) in [5, 5.41) is 1.02. The van der Waals surface area contributed by atoms with Gasteiger partial charge in [-0.05, 0) is 38.8 Å². The van der Waals surface area contributed by atoms with Crippen LogP contribution in [0.4, 0.5) is 5.82 Å². The zero-order valence-corrected chi connectivity index (χ0v) is 15.3. The summed E-state index contributed by atoms with van der Waals surface area (Å²) >= 11 is 1.63. The smallest absolute Gasteiger partial charge is 0.227 e. The number of rotatable bonds is 4. The highest BCUT2D eigenvalue weighted by Crippen LogP contribution is 2.22. The van der Waals surface area contributed by atoms with E-state index in [0.29, 0.717) is 6.42 Å². The highest BCUT2D eigenvalue weighted by Gasteiger charge is 2.27. The minimum Gasteiger partial charge on any atom is -0.355 e. The molecule has 6 heteroatoms.